The molecule has 0 radical (unpaired) electrons. The lowest BCUT2D eigenvalue weighted by Gasteiger charge is -2.32. The van der Waals surface area contributed by atoms with Crippen LogP contribution in [0.3, 0.4) is 0 Å². The van der Waals surface area contributed by atoms with E-state index >= 15 is 0 Å². The SMILES string of the molecule is Cc1cc([C@@H](C)N2CCOCC2)ccc1CO. The zero-order valence-electron chi connectivity index (χ0n) is 10.6. The minimum Gasteiger partial charge on any atom is -0.392 e. The maximum Gasteiger partial charge on any atom is 0.0684 e. The highest BCUT2D eigenvalue weighted by molar-refractivity contribution is 5.32. The van der Waals surface area contributed by atoms with Crippen molar-refractivity contribution >= 4 is 0 Å². The van der Waals surface area contributed by atoms with Gasteiger partial charge < -0.3 is 9.84 Å². The van der Waals surface area contributed by atoms with E-state index in [4.69, 9.17) is 9.84 Å². The normalized spacial score (nSPS) is 19.2. The number of rotatable bonds is 3. The van der Waals surface area contributed by atoms with Gasteiger partial charge in [-0.1, -0.05) is 18.2 Å². The van der Waals surface area contributed by atoms with E-state index in [2.05, 4.69) is 30.9 Å². The molecule has 1 aromatic carbocycles. The molecule has 1 heterocycles. The summed E-state index contributed by atoms with van der Waals surface area (Å²) in [6.45, 7) is 8.08. The van der Waals surface area contributed by atoms with Crippen LogP contribution in [0.4, 0.5) is 0 Å². The summed E-state index contributed by atoms with van der Waals surface area (Å²) in [5, 5.41) is 9.17. The van der Waals surface area contributed by atoms with Gasteiger partial charge in [-0.25, -0.2) is 0 Å². The fourth-order valence-electron chi connectivity index (χ4n) is 2.33. The average molecular weight is 235 g/mol. The lowest BCUT2D eigenvalue weighted by molar-refractivity contribution is 0.0198. The van der Waals surface area contributed by atoms with E-state index in [1.54, 1.807) is 0 Å². The molecule has 3 heteroatoms. The van der Waals surface area contributed by atoms with Gasteiger partial charge in [0.25, 0.3) is 0 Å². The molecule has 94 valence electrons. The lowest BCUT2D eigenvalue weighted by atomic mass is 10.0. The van der Waals surface area contributed by atoms with Crippen LogP contribution >= 0.6 is 0 Å². The molecule has 2 rings (SSSR count). The molecule has 0 aromatic heterocycles. The number of ether oxygens (including phenoxy) is 1. The minimum atomic E-state index is 0.123. The summed E-state index contributed by atoms with van der Waals surface area (Å²) in [5.74, 6) is 0. The monoisotopic (exact) mass is 235 g/mol. The molecule has 0 aliphatic carbocycles. The highest BCUT2D eigenvalue weighted by atomic mass is 16.5. The summed E-state index contributed by atoms with van der Waals surface area (Å²) >= 11 is 0. The first-order valence-electron chi connectivity index (χ1n) is 6.24. The topological polar surface area (TPSA) is 32.7 Å². The zero-order chi connectivity index (χ0) is 12.3. The zero-order valence-corrected chi connectivity index (χ0v) is 10.6. The molecule has 1 atom stereocenters. The summed E-state index contributed by atoms with van der Waals surface area (Å²) in [4.78, 5) is 2.44. The Hall–Kier alpha value is -0.900. The number of aryl methyl sites for hydroxylation is 1. The van der Waals surface area contributed by atoms with E-state index < -0.39 is 0 Å². The van der Waals surface area contributed by atoms with E-state index in [9.17, 15) is 0 Å². The molecule has 0 amide bonds. The van der Waals surface area contributed by atoms with Crippen molar-refractivity contribution in [2.75, 3.05) is 26.3 Å². The van der Waals surface area contributed by atoms with E-state index in [1.807, 2.05) is 6.07 Å². The third kappa shape index (κ3) is 2.86. The van der Waals surface area contributed by atoms with Gasteiger partial charge in [-0.15, -0.1) is 0 Å². The summed E-state index contributed by atoms with van der Waals surface area (Å²) in [6, 6.07) is 6.76. The molecule has 0 bridgehead atoms. The Morgan fingerprint density at radius 3 is 2.65 bits per heavy atom. The van der Waals surface area contributed by atoms with Crippen LogP contribution in [0, 0.1) is 6.92 Å². The maximum atomic E-state index is 9.17. The van der Waals surface area contributed by atoms with Crippen molar-refractivity contribution in [3.63, 3.8) is 0 Å². The Morgan fingerprint density at radius 2 is 2.06 bits per heavy atom. The molecular formula is C14H21NO2. The predicted molar refractivity (Wildman–Crippen MR) is 67.9 cm³/mol. The fraction of sp³-hybridized carbons (Fsp3) is 0.571. The van der Waals surface area contributed by atoms with Crippen molar-refractivity contribution in [2.24, 2.45) is 0 Å². The van der Waals surface area contributed by atoms with E-state index in [-0.39, 0.29) is 6.61 Å². The molecule has 1 aromatic rings. The van der Waals surface area contributed by atoms with Crippen molar-refractivity contribution in [1.82, 2.24) is 4.90 Å². The van der Waals surface area contributed by atoms with Crippen LogP contribution in [0.5, 0.6) is 0 Å². The quantitative estimate of drug-likeness (QED) is 0.868. The van der Waals surface area contributed by atoms with Crippen LogP contribution in [0.15, 0.2) is 18.2 Å². The second kappa shape index (κ2) is 5.63. The van der Waals surface area contributed by atoms with E-state index in [0.29, 0.717) is 6.04 Å². The second-order valence-electron chi connectivity index (χ2n) is 4.67. The van der Waals surface area contributed by atoms with Crippen molar-refractivity contribution in [3.05, 3.63) is 34.9 Å². The lowest BCUT2D eigenvalue weighted by Crippen LogP contribution is -2.38. The van der Waals surface area contributed by atoms with Crippen molar-refractivity contribution < 1.29 is 9.84 Å². The molecular weight excluding hydrogens is 214 g/mol. The summed E-state index contributed by atoms with van der Waals surface area (Å²) in [7, 11) is 0. The number of hydrogen-bond donors (Lipinski definition) is 1. The second-order valence-corrected chi connectivity index (χ2v) is 4.67. The Morgan fingerprint density at radius 1 is 1.35 bits per heavy atom. The predicted octanol–water partition coefficient (Wildman–Crippen LogP) is 1.88. The molecule has 1 aliphatic rings. The maximum absolute atomic E-state index is 9.17. The van der Waals surface area contributed by atoms with Gasteiger partial charge in [0.2, 0.25) is 0 Å². The third-order valence-corrected chi connectivity index (χ3v) is 3.61. The molecule has 0 spiro atoms. The highest BCUT2D eigenvalue weighted by Gasteiger charge is 2.18. The first kappa shape index (κ1) is 12.6. The van der Waals surface area contributed by atoms with Crippen molar-refractivity contribution in [1.29, 1.82) is 0 Å². The van der Waals surface area contributed by atoms with Gasteiger partial charge in [-0.2, -0.15) is 0 Å². The Balaban J connectivity index is 2.12. The Labute approximate surface area is 103 Å². The van der Waals surface area contributed by atoms with Gasteiger partial charge in [-0.3, -0.25) is 4.90 Å². The number of morpholine rings is 1. The third-order valence-electron chi connectivity index (χ3n) is 3.61. The molecule has 0 unspecified atom stereocenters. The van der Waals surface area contributed by atoms with Gasteiger partial charge in [0.1, 0.15) is 0 Å². The Kier molecular flexibility index (Phi) is 4.15. The first-order chi connectivity index (χ1) is 8.22. The minimum absolute atomic E-state index is 0.123. The smallest absolute Gasteiger partial charge is 0.0684 e. The van der Waals surface area contributed by atoms with Crippen LogP contribution in [-0.2, 0) is 11.3 Å². The van der Waals surface area contributed by atoms with Gasteiger partial charge in [0, 0.05) is 19.1 Å². The van der Waals surface area contributed by atoms with E-state index in [1.165, 1.54) is 11.1 Å². The molecule has 1 aliphatic heterocycles. The molecule has 1 fully saturated rings. The van der Waals surface area contributed by atoms with Gasteiger partial charge in [0.15, 0.2) is 0 Å². The average Bonchev–Trinajstić information content (AvgIpc) is 2.39. The Bertz CT molecular complexity index is 372. The first-order valence-corrected chi connectivity index (χ1v) is 6.24. The summed E-state index contributed by atoms with van der Waals surface area (Å²) in [5.41, 5.74) is 3.51. The van der Waals surface area contributed by atoms with Crippen molar-refractivity contribution in [2.45, 2.75) is 26.5 Å². The molecule has 1 N–H and O–H groups in total. The van der Waals surface area contributed by atoms with Crippen LogP contribution in [-0.4, -0.2) is 36.3 Å². The summed E-state index contributed by atoms with van der Waals surface area (Å²) in [6.07, 6.45) is 0. The number of benzene rings is 1. The largest absolute Gasteiger partial charge is 0.392 e. The van der Waals surface area contributed by atoms with Crippen molar-refractivity contribution in [3.8, 4) is 0 Å². The van der Waals surface area contributed by atoms with Crippen LogP contribution in [0.2, 0.25) is 0 Å². The molecule has 17 heavy (non-hydrogen) atoms. The van der Waals surface area contributed by atoms with E-state index in [0.717, 1.165) is 31.9 Å². The standard InChI is InChI=1S/C14H21NO2/c1-11-9-13(3-4-14(11)10-16)12(2)15-5-7-17-8-6-15/h3-4,9,12,16H,5-8,10H2,1-2H3/t12-/m1/s1. The number of nitrogens with zero attached hydrogens (tertiary/aromatic N) is 1. The van der Waals surface area contributed by atoms with Crippen LogP contribution in [0.1, 0.15) is 29.7 Å². The number of aliphatic hydroxyl groups is 1. The van der Waals surface area contributed by atoms with Crippen LogP contribution < -0.4 is 0 Å². The fourth-order valence-corrected chi connectivity index (χ4v) is 2.33. The highest BCUT2D eigenvalue weighted by Crippen LogP contribution is 2.23. The molecule has 0 saturated carbocycles. The number of hydrogen-bond acceptors (Lipinski definition) is 3. The van der Waals surface area contributed by atoms with Crippen LogP contribution in [0.25, 0.3) is 0 Å². The van der Waals surface area contributed by atoms with Gasteiger partial charge in [-0.05, 0) is 30.5 Å². The molecule has 3 nitrogen and oxygen atoms in total. The van der Waals surface area contributed by atoms with Gasteiger partial charge >= 0.3 is 0 Å². The summed E-state index contributed by atoms with van der Waals surface area (Å²) < 4.78 is 5.37. The van der Waals surface area contributed by atoms with Gasteiger partial charge in [0.05, 0.1) is 19.8 Å². The number of aliphatic hydroxyl groups excluding tert-OH is 1. The molecule has 1 saturated heterocycles.